The summed E-state index contributed by atoms with van der Waals surface area (Å²) in [5.74, 6) is 0. The highest BCUT2D eigenvalue weighted by atomic mass is 35.5. The van der Waals surface area contributed by atoms with Gasteiger partial charge in [-0.3, -0.25) is 0 Å². The SMILES string of the molecule is CCC(C)(C)COCc1cccc(Cl)n1. The molecule has 0 unspecified atom stereocenters. The summed E-state index contributed by atoms with van der Waals surface area (Å²) in [6.07, 6.45) is 1.11. The number of hydrogen-bond acceptors (Lipinski definition) is 2. The maximum Gasteiger partial charge on any atom is 0.129 e. The van der Waals surface area contributed by atoms with Gasteiger partial charge in [0, 0.05) is 0 Å². The Bertz CT molecular complexity index is 312. The molecule has 0 saturated carbocycles. The summed E-state index contributed by atoms with van der Waals surface area (Å²) in [6, 6.07) is 5.57. The lowest BCUT2D eigenvalue weighted by atomic mass is 9.92. The second kappa shape index (κ2) is 5.47. The monoisotopic (exact) mass is 227 g/mol. The molecule has 0 aromatic carbocycles. The largest absolute Gasteiger partial charge is 0.375 e. The second-order valence-electron chi connectivity index (χ2n) is 4.46. The van der Waals surface area contributed by atoms with Crippen LogP contribution < -0.4 is 0 Å². The second-order valence-corrected chi connectivity index (χ2v) is 4.85. The van der Waals surface area contributed by atoms with Gasteiger partial charge < -0.3 is 4.74 Å². The van der Waals surface area contributed by atoms with Crippen LogP contribution in [0.1, 0.15) is 32.9 Å². The zero-order valence-corrected chi connectivity index (χ0v) is 10.3. The third-order valence-electron chi connectivity index (χ3n) is 2.47. The van der Waals surface area contributed by atoms with Crippen molar-refractivity contribution < 1.29 is 4.74 Å². The highest BCUT2D eigenvalue weighted by Gasteiger charge is 2.14. The highest BCUT2D eigenvalue weighted by molar-refractivity contribution is 6.29. The summed E-state index contributed by atoms with van der Waals surface area (Å²) in [7, 11) is 0. The molecule has 84 valence electrons. The van der Waals surface area contributed by atoms with Crippen LogP contribution in [-0.4, -0.2) is 11.6 Å². The van der Waals surface area contributed by atoms with Crippen molar-refractivity contribution in [3.05, 3.63) is 29.0 Å². The predicted octanol–water partition coefficient (Wildman–Crippen LogP) is 3.69. The third-order valence-corrected chi connectivity index (χ3v) is 2.68. The van der Waals surface area contributed by atoms with Crippen molar-refractivity contribution in [1.82, 2.24) is 4.98 Å². The highest BCUT2D eigenvalue weighted by Crippen LogP contribution is 2.20. The van der Waals surface area contributed by atoms with Gasteiger partial charge in [0.2, 0.25) is 0 Å². The van der Waals surface area contributed by atoms with Crippen molar-refractivity contribution in [2.24, 2.45) is 5.41 Å². The molecule has 0 atom stereocenters. The molecular formula is C12H18ClNO. The molecule has 0 spiro atoms. The molecule has 0 radical (unpaired) electrons. The Labute approximate surface area is 96.6 Å². The van der Waals surface area contributed by atoms with E-state index in [1.54, 1.807) is 6.07 Å². The summed E-state index contributed by atoms with van der Waals surface area (Å²) in [4.78, 5) is 4.16. The third kappa shape index (κ3) is 4.63. The van der Waals surface area contributed by atoms with E-state index in [1.165, 1.54) is 0 Å². The molecule has 3 heteroatoms. The van der Waals surface area contributed by atoms with Crippen molar-refractivity contribution in [2.45, 2.75) is 33.8 Å². The minimum atomic E-state index is 0.235. The first kappa shape index (κ1) is 12.5. The van der Waals surface area contributed by atoms with Gasteiger partial charge in [0.25, 0.3) is 0 Å². The molecule has 0 aliphatic heterocycles. The molecule has 0 amide bonds. The van der Waals surface area contributed by atoms with Crippen molar-refractivity contribution in [2.75, 3.05) is 6.61 Å². The van der Waals surface area contributed by atoms with Gasteiger partial charge in [-0.15, -0.1) is 0 Å². The fourth-order valence-corrected chi connectivity index (χ4v) is 1.25. The lowest BCUT2D eigenvalue weighted by molar-refractivity contribution is 0.0479. The maximum absolute atomic E-state index is 5.77. The minimum absolute atomic E-state index is 0.235. The van der Waals surface area contributed by atoms with Crippen LogP contribution in [0.25, 0.3) is 0 Å². The average Bonchev–Trinajstić information content (AvgIpc) is 2.18. The van der Waals surface area contributed by atoms with Gasteiger partial charge in [-0.2, -0.15) is 0 Å². The first-order valence-corrected chi connectivity index (χ1v) is 5.60. The van der Waals surface area contributed by atoms with Gasteiger partial charge in [-0.1, -0.05) is 38.4 Å². The number of hydrogen-bond donors (Lipinski definition) is 0. The van der Waals surface area contributed by atoms with Crippen LogP contribution in [0, 0.1) is 5.41 Å². The molecule has 0 N–H and O–H groups in total. The summed E-state index contributed by atoms with van der Waals surface area (Å²) in [5, 5.41) is 0.519. The van der Waals surface area contributed by atoms with Gasteiger partial charge in [0.15, 0.2) is 0 Å². The molecule has 0 aliphatic carbocycles. The van der Waals surface area contributed by atoms with Crippen LogP contribution >= 0.6 is 11.6 Å². The molecule has 1 rings (SSSR count). The van der Waals surface area contributed by atoms with Crippen LogP contribution in [0.15, 0.2) is 18.2 Å². The maximum atomic E-state index is 5.77. The molecule has 1 aromatic rings. The molecular weight excluding hydrogens is 210 g/mol. The van der Waals surface area contributed by atoms with Crippen molar-refractivity contribution in [3.8, 4) is 0 Å². The van der Waals surface area contributed by atoms with E-state index in [4.69, 9.17) is 16.3 Å². The van der Waals surface area contributed by atoms with E-state index < -0.39 is 0 Å². The van der Waals surface area contributed by atoms with Crippen molar-refractivity contribution in [1.29, 1.82) is 0 Å². The number of nitrogens with zero attached hydrogens (tertiary/aromatic N) is 1. The topological polar surface area (TPSA) is 22.1 Å². The van der Waals surface area contributed by atoms with Gasteiger partial charge in [0.1, 0.15) is 5.15 Å². The fraction of sp³-hybridized carbons (Fsp3) is 0.583. The standard InChI is InChI=1S/C12H18ClNO/c1-4-12(2,3)9-15-8-10-6-5-7-11(13)14-10/h5-7H,4,8-9H2,1-3H3. The van der Waals surface area contributed by atoms with E-state index >= 15 is 0 Å². The fourth-order valence-electron chi connectivity index (χ4n) is 1.06. The molecule has 0 bridgehead atoms. The first-order valence-electron chi connectivity index (χ1n) is 5.23. The molecule has 0 saturated heterocycles. The Hall–Kier alpha value is -0.600. The lowest BCUT2D eigenvalue weighted by Crippen LogP contribution is -2.18. The Morgan fingerprint density at radius 3 is 2.73 bits per heavy atom. The first-order chi connectivity index (χ1) is 7.03. The Kier molecular flexibility index (Phi) is 4.55. The number of halogens is 1. The summed E-state index contributed by atoms with van der Waals surface area (Å²) in [6.45, 7) is 7.83. The van der Waals surface area contributed by atoms with Gasteiger partial charge in [-0.25, -0.2) is 4.98 Å². The molecule has 0 aliphatic rings. The summed E-state index contributed by atoms with van der Waals surface area (Å²) < 4.78 is 5.61. The molecule has 2 nitrogen and oxygen atoms in total. The number of aromatic nitrogens is 1. The quantitative estimate of drug-likeness (QED) is 0.716. The normalized spacial score (nSPS) is 11.7. The van der Waals surface area contributed by atoms with E-state index in [9.17, 15) is 0 Å². The number of ether oxygens (including phenoxy) is 1. The minimum Gasteiger partial charge on any atom is -0.375 e. The van der Waals surface area contributed by atoms with Gasteiger partial charge in [-0.05, 0) is 24.0 Å². The average molecular weight is 228 g/mol. The van der Waals surface area contributed by atoms with E-state index in [2.05, 4.69) is 25.8 Å². The van der Waals surface area contributed by atoms with Crippen molar-refractivity contribution in [3.63, 3.8) is 0 Å². The van der Waals surface area contributed by atoms with Gasteiger partial charge >= 0.3 is 0 Å². The summed E-state index contributed by atoms with van der Waals surface area (Å²) in [5.41, 5.74) is 1.12. The van der Waals surface area contributed by atoms with E-state index in [1.807, 2.05) is 12.1 Å². The molecule has 15 heavy (non-hydrogen) atoms. The van der Waals surface area contributed by atoms with Gasteiger partial charge in [0.05, 0.1) is 18.9 Å². The van der Waals surface area contributed by atoms with Crippen LogP contribution in [0.2, 0.25) is 5.15 Å². The smallest absolute Gasteiger partial charge is 0.129 e. The zero-order valence-electron chi connectivity index (χ0n) is 9.59. The number of pyridine rings is 1. The number of rotatable bonds is 5. The predicted molar refractivity (Wildman–Crippen MR) is 63.0 cm³/mol. The Morgan fingerprint density at radius 1 is 1.40 bits per heavy atom. The van der Waals surface area contributed by atoms with Crippen LogP contribution in [0.4, 0.5) is 0 Å². The van der Waals surface area contributed by atoms with E-state index in [-0.39, 0.29) is 5.41 Å². The molecule has 1 heterocycles. The Morgan fingerprint density at radius 2 is 2.13 bits per heavy atom. The zero-order chi connectivity index (χ0) is 11.3. The Balaban J connectivity index is 2.38. The lowest BCUT2D eigenvalue weighted by Gasteiger charge is -2.21. The van der Waals surface area contributed by atoms with Crippen molar-refractivity contribution >= 4 is 11.6 Å². The van der Waals surface area contributed by atoms with E-state index in [0.717, 1.165) is 18.7 Å². The van der Waals surface area contributed by atoms with Crippen LogP contribution in [0.3, 0.4) is 0 Å². The van der Waals surface area contributed by atoms with Crippen LogP contribution in [-0.2, 0) is 11.3 Å². The molecule has 1 aromatic heterocycles. The summed E-state index contributed by atoms with van der Waals surface area (Å²) >= 11 is 5.77. The molecule has 0 fully saturated rings. The van der Waals surface area contributed by atoms with E-state index in [0.29, 0.717) is 11.8 Å². The van der Waals surface area contributed by atoms with Crippen LogP contribution in [0.5, 0.6) is 0 Å².